The van der Waals surface area contributed by atoms with Gasteiger partial charge in [-0.3, -0.25) is 0 Å². The topological polar surface area (TPSA) is 63.8 Å². The molecule has 0 saturated heterocycles. The van der Waals surface area contributed by atoms with E-state index in [9.17, 15) is 4.79 Å². The number of hydrogen-bond donors (Lipinski definition) is 1. The van der Waals surface area contributed by atoms with Gasteiger partial charge in [0.25, 0.3) is 0 Å². The van der Waals surface area contributed by atoms with E-state index in [4.69, 9.17) is 9.84 Å². The molecule has 2 heterocycles. The Morgan fingerprint density at radius 3 is 2.94 bits per heavy atom. The van der Waals surface area contributed by atoms with Crippen LogP contribution >= 0.6 is 0 Å². The summed E-state index contributed by atoms with van der Waals surface area (Å²) in [4.78, 5) is 15.1. The summed E-state index contributed by atoms with van der Waals surface area (Å²) in [5.41, 5.74) is 0.624. The highest BCUT2D eigenvalue weighted by atomic mass is 16.5. The van der Waals surface area contributed by atoms with Gasteiger partial charge in [0.05, 0.1) is 12.6 Å². The van der Waals surface area contributed by atoms with Gasteiger partial charge in [-0.2, -0.15) is 0 Å². The molecular formula is C11H12N2O3. The van der Waals surface area contributed by atoms with Crippen molar-refractivity contribution >= 4 is 11.5 Å². The van der Waals surface area contributed by atoms with Crippen LogP contribution in [-0.2, 0) is 6.42 Å². The number of carboxylic acids is 1. The molecule has 84 valence electrons. The van der Waals surface area contributed by atoms with Crippen LogP contribution in [0, 0.1) is 0 Å². The van der Waals surface area contributed by atoms with E-state index in [1.54, 1.807) is 29.8 Å². The highest BCUT2D eigenvalue weighted by Crippen LogP contribution is 2.19. The first-order chi connectivity index (χ1) is 7.67. The number of pyridine rings is 1. The third-order valence-electron chi connectivity index (χ3n) is 2.44. The summed E-state index contributed by atoms with van der Waals surface area (Å²) in [6.45, 7) is 1.94. The third-order valence-corrected chi connectivity index (χ3v) is 2.44. The number of ether oxygens (including phenoxy) is 1. The van der Waals surface area contributed by atoms with Crippen LogP contribution in [0.2, 0.25) is 0 Å². The van der Waals surface area contributed by atoms with Gasteiger partial charge >= 0.3 is 5.97 Å². The zero-order chi connectivity index (χ0) is 11.7. The zero-order valence-electron chi connectivity index (χ0n) is 9.10. The first kappa shape index (κ1) is 10.5. The fourth-order valence-electron chi connectivity index (χ4n) is 1.66. The number of carbonyl (C=O) groups is 1. The number of carboxylic acid groups (broad SMARTS) is 1. The number of hydrogen-bond acceptors (Lipinski definition) is 3. The van der Waals surface area contributed by atoms with Gasteiger partial charge in [-0.15, -0.1) is 0 Å². The van der Waals surface area contributed by atoms with Crippen LogP contribution in [0.25, 0.3) is 5.52 Å². The molecule has 1 N–H and O–H groups in total. The van der Waals surface area contributed by atoms with Crippen molar-refractivity contribution < 1.29 is 14.6 Å². The number of rotatable bonds is 3. The Balaban J connectivity index is 2.75. The second-order valence-electron chi connectivity index (χ2n) is 3.36. The zero-order valence-corrected chi connectivity index (χ0v) is 9.10. The van der Waals surface area contributed by atoms with Crippen LogP contribution in [0.15, 0.2) is 18.3 Å². The molecule has 0 aliphatic carbocycles. The first-order valence-corrected chi connectivity index (χ1v) is 4.95. The van der Waals surface area contributed by atoms with Crippen molar-refractivity contribution in [1.29, 1.82) is 0 Å². The van der Waals surface area contributed by atoms with Gasteiger partial charge in [0.15, 0.2) is 5.69 Å². The monoisotopic (exact) mass is 220 g/mol. The summed E-state index contributed by atoms with van der Waals surface area (Å²) < 4.78 is 6.84. The van der Waals surface area contributed by atoms with Crippen LogP contribution in [0.3, 0.4) is 0 Å². The molecule has 0 fully saturated rings. The molecule has 0 aliphatic heterocycles. The predicted octanol–water partition coefficient (Wildman–Crippen LogP) is 1.60. The summed E-state index contributed by atoms with van der Waals surface area (Å²) >= 11 is 0. The molecule has 0 bridgehead atoms. The molecule has 0 aromatic carbocycles. The van der Waals surface area contributed by atoms with E-state index in [1.165, 1.54) is 0 Å². The molecule has 0 amide bonds. The Kier molecular flexibility index (Phi) is 2.52. The number of aromatic nitrogens is 2. The highest BCUT2D eigenvalue weighted by Gasteiger charge is 2.16. The molecule has 5 heteroatoms. The maximum atomic E-state index is 11.0. The quantitative estimate of drug-likeness (QED) is 0.853. The summed E-state index contributed by atoms with van der Waals surface area (Å²) in [5, 5.41) is 9.04. The van der Waals surface area contributed by atoms with Gasteiger partial charge in [-0.25, -0.2) is 9.78 Å². The SMILES string of the molecule is CCc1nc(C(=O)O)c2cc(OC)ccn12. The number of fused-ring (bicyclic) bond motifs is 1. The van der Waals surface area contributed by atoms with E-state index in [2.05, 4.69) is 4.98 Å². The van der Waals surface area contributed by atoms with Gasteiger partial charge in [0, 0.05) is 18.7 Å². The van der Waals surface area contributed by atoms with Crippen LogP contribution in [0.4, 0.5) is 0 Å². The van der Waals surface area contributed by atoms with Gasteiger partial charge in [-0.1, -0.05) is 6.92 Å². The molecule has 0 unspecified atom stereocenters. The molecular weight excluding hydrogens is 208 g/mol. The normalized spacial score (nSPS) is 10.6. The van der Waals surface area contributed by atoms with Crippen molar-refractivity contribution in [2.75, 3.05) is 7.11 Å². The molecule has 0 spiro atoms. The molecule has 2 rings (SSSR count). The van der Waals surface area contributed by atoms with Crippen LogP contribution in [0.1, 0.15) is 23.2 Å². The molecule has 16 heavy (non-hydrogen) atoms. The van der Waals surface area contributed by atoms with Crippen LogP contribution in [0.5, 0.6) is 5.75 Å². The summed E-state index contributed by atoms with van der Waals surface area (Å²) in [5.74, 6) is 0.332. The standard InChI is InChI=1S/C11H12N2O3/c1-3-9-12-10(11(14)15)8-6-7(16-2)4-5-13(8)9/h4-6H,3H2,1-2H3,(H,14,15). The first-order valence-electron chi connectivity index (χ1n) is 4.95. The van der Waals surface area contributed by atoms with Gasteiger partial charge in [0.1, 0.15) is 11.6 Å². The smallest absolute Gasteiger partial charge is 0.356 e. The largest absolute Gasteiger partial charge is 0.497 e. The average Bonchev–Trinajstić information content (AvgIpc) is 2.66. The van der Waals surface area contributed by atoms with Crippen LogP contribution < -0.4 is 4.74 Å². The third kappa shape index (κ3) is 1.50. The Hall–Kier alpha value is -2.04. The number of nitrogens with zero attached hydrogens (tertiary/aromatic N) is 2. The summed E-state index contributed by atoms with van der Waals surface area (Å²) in [6.07, 6.45) is 2.45. The van der Waals surface area contributed by atoms with Crippen molar-refractivity contribution in [3.05, 3.63) is 29.8 Å². The average molecular weight is 220 g/mol. The Morgan fingerprint density at radius 2 is 2.38 bits per heavy atom. The van der Waals surface area contributed by atoms with E-state index in [1.807, 2.05) is 6.92 Å². The molecule has 0 saturated carbocycles. The number of imidazole rings is 1. The van der Waals surface area contributed by atoms with E-state index in [0.29, 0.717) is 17.7 Å². The highest BCUT2D eigenvalue weighted by molar-refractivity contribution is 5.94. The molecule has 0 atom stereocenters. The van der Waals surface area contributed by atoms with Gasteiger partial charge in [-0.05, 0) is 6.07 Å². The minimum Gasteiger partial charge on any atom is -0.497 e. The van der Waals surface area contributed by atoms with E-state index < -0.39 is 5.97 Å². The van der Waals surface area contributed by atoms with Crippen molar-refractivity contribution in [2.24, 2.45) is 0 Å². The van der Waals surface area contributed by atoms with Gasteiger partial charge in [0.2, 0.25) is 0 Å². The molecule has 5 nitrogen and oxygen atoms in total. The van der Waals surface area contributed by atoms with Gasteiger partial charge < -0.3 is 14.2 Å². The lowest BCUT2D eigenvalue weighted by Gasteiger charge is -2.01. The van der Waals surface area contributed by atoms with Crippen molar-refractivity contribution in [1.82, 2.24) is 9.38 Å². The molecule has 2 aromatic heterocycles. The molecule has 0 radical (unpaired) electrons. The summed E-state index contributed by atoms with van der Waals surface area (Å²) in [7, 11) is 1.55. The van der Waals surface area contributed by atoms with Crippen molar-refractivity contribution in [3.63, 3.8) is 0 Å². The molecule has 2 aromatic rings. The Morgan fingerprint density at radius 1 is 1.62 bits per heavy atom. The van der Waals surface area contributed by atoms with Crippen molar-refractivity contribution in [2.45, 2.75) is 13.3 Å². The fraction of sp³-hybridized carbons (Fsp3) is 0.273. The predicted molar refractivity (Wildman–Crippen MR) is 58.1 cm³/mol. The number of methoxy groups -OCH3 is 1. The maximum absolute atomic E-state index is 11.0. The molecule has 0 aliphatic rings. The Labute approximate surface area is 92.3 Å². The number of aryl methyl sites for hydroxylation is 1. The number of aromatic carboxylic acids is 1. The minimum absolute atomic E-state index is 0.0655. The second-order valence-corrected chi connectivity index (χ2v) is 3.36. The maximum Gasteiger partial charge on any atom is 0.356 e. The minimum atomic E-state index is -1.02. The van der Waals surface area contributed by atoms with E-state index in [0.717, 1.165) is 5.82 Å². The van der Waals surface area contributed by atoms with E-state index >= 15 is 0 Å². The van der Waals surface area contributed by atoms with E-state index in [-0.39, 0.29) is 5.69 Å². The lowest BCUT2D eigenvalue weighted by atomic mass is 10.3. The second kappa shape index (κ2) is 3.84. The van der Waals surface area contributed by atoms with Crippen LogP contribution in [-0.4, -0.2) is 27.6 Å². The lowest BCUT2D eigenvalue weighted by molar-refractivity contribution is 0.0693. The lowest BCUT2D eigenvalue weighted by Crippen LogP contribution is -1.97. The Bertz CT molecular complexity index is 545. The summed E-state index contributed by atoms with van der Waals surface area (Å²) in [6, 6.07) is 3.45. The van der Waals surface area contributed by atoms with Crippen molar-refractivity contribution in [3.8, 4) is 5.75 Å². The fourth-order valence-corrected chi connectivity index (χ4v) is 1.66.